The Morgan fingerprint density at radius 3 is 2.47 bits per heavy atom. The molecule has 0 aliphatic heterocycles. The highest BCUT2D eigenvalue weighted by molar-refractivity contribution is 5.41. The minimum atomic E-state index is 0.664. The van der Waals surface area contributed by atoms with E-state index in [-0.39, 0.29) is 0 Å². The highest BCUT2D eigenvalue weighted by Gasteiger charge is 2.12. The van der Waals surface area contributed by atoms with Crippen molar-refractivity contribution < 1.29 is 9.47 Å². The number of aryl methyl sites for hydroxylation is 1. The summed E-state index contributed by atoms with van der Waals surface area (Å²) in [4.78, 5) is 0. The number of hydrogen-bond donors (Lipinski definition) is 1. The fourth-order valence-corrected chi connectivity index (χ4v) is 1.96. The molecular weight excluding hydrogens is 242 g/mol. The first-order valence-corrected chi connectivity index (χ1v) is 6.25. The lowest BCUT2D eigenvalue weighted by molar-refractivity contribution is 0.378. The van der Waals surface area contributed by atoms with Crippen molar-refractivity contribution in [3.63, 3.8) is 0 Å². The van der Waals surface area contributed by atoms with Crippen LogP contribution in [0.15, 0.2) is 30.5 Å². The number of methoxy groups -OCH3 is 2. The Morgan fingerprint density at radius 2 is 1.89 bits per heavy atom. The minimum absolute atomic E-state index is 0.664. The Balaban J connectivity index is 2.30. The highest BCUT2D eigenvalue weighted by atomic mass is 16.5. The summed E-state index contributed by atoms with van der Waals surface area (Å²) in [6, 6.07) is 7.69. The lowest BCUT2D eigenvalue weighted by atomic mass is 10.2. The molecule has 0 unspecified atom stereocenters. The molecule has 0 aliphatic rings. The fourth-order valence-electron chi connectivity index (χ4n) is 1.96. The zero-order valence-electron chi connectivity index (χ0n) is 11.3. The lowest BCUT2D eigenvalue weighted by Gasteiger charge is -2.08. The average Bonchev–Trinajstić information content (AvgIpc) is 2.88. The van der Waals surface area contributed by atoms with E-state index in [1.54, 1.807) is 18.9 Å². The van der Waals surface area contributed by atoms with Crippen LogP contribution in [0.5, 0.6) is 11.6 Å². The monoisotopic (exact) mass is 261 g/mol. The van der Waals surface area contributed by atoms with Crippen LogP contribution in [-0.4, -0.2) is 30.5 Å². The van der Waals surface area contributed by atoms with Crippen LogP contribution in [-0.2, 0) is 6.42 Å². The molecule has 2 rings (SSSR count). The maximum atomic E-state index is 5.54. The number of nitrogens with two attached hydrogens (primary N) is 1. The van der Waals surface area contributed by atoms with Crippen molar-refractivity contribution in [2.45, 2.75) is 12.8 Å². The van der Waals surface area contributed by atoms with E-state index in [2.05, 4.69) is 5.10 Å². The quantitative estimate of drug-likeness (QED) is 0.861. The van der Waals surface area contributed by atoms with Crippen molar-refractivity contribution in [3.8, 4) is 17.3 Å². The van der Waals surface area contributed by atoms with Gasteiger partial charge in [0.2, 0.25) is 5.88 Å². The van der Waals surface area contributed by atoms with Gasteiger partial charge in [-0.25, -0.2) is 4.68 Å². The second-order valence-corrected chi connectivity index (χ2v) is 4.18. The average molecular weight is 261 g/mol. The number of benzene rings is 1. The summed E-state index contributed by atoms with van der Waals surface area (Å²) in [7, 11) is 3.30. The van der Waals surface area contributed by atoms with Crippen molar-refractivity contribution in [2.24, 2.45) is 5.73 Å². The molecule has 1 aromatic carbocycles. The number of hydrogen-bond acceptors (Lipinski definition) is 4. The summed E-state index contributed by atoms with van der Waals surface area (Å²) < 4.78 is 12.4. The van der Waals surface area contributed by atoms with Gasteiger partial charge in [0.05, 0.1) is 26.1 Å². The van der Waals surface area contributed by atoms with Gasteiger partial charge in [0.15, 0.2) is 0 Å². The maximum Gasteiger partial charge on any atom is 0.219 e. The molecule has 0 bridgehead atoms. The van der Waals surface area contributed by atoms with Gasteiger partial charge in [0, 0.05) is 5.56 Å². The second kappa shape index (κ2) is 6.24. The van der Waals surface area contributed by atoms with Crippen molar-refractivity contribution in [1.29, 1.82) is 0 Å². The van der Waals surface area contributed by atoms with Crippen LogP contribution in [0.2, 0.25) is 0 Å². The van der Waals surface area contributed by atoms with Gasteiger partial charge in [-0.1, -0.05) is 0 Å². The molecule has 102 valence electrons. The number of aromatic nitrogens is 2. The third kappa shape index (κ3) is 2.88. The van der Waals surface area contributed by atoms with Gasteiger partial charge in [-0.2, -0.15) is 5.10 Å². The van der Waals surface area contributed by atoms with Gasteiger partial charge < -0.3 is 15.2 Å². The third-order valence-corrected chi connectivity index (χ3v) is 2.96. The smallest absolute Gasteiger partial charge is 0.219 e. The first-order valence-electron chi connectivity index (χ1n) is 6.25. The van der Waals surface area contributed by atoms with Gasteiger partial charge in [0.1, 0.15) is 5.75 Å². The number of rotatable bonds is 6. The molecule has 2 N–H and O–H groups in total. The van der Waals surface area contributed by atoms with Crippen LogP contribution in [0.3, 0.4) is 0 Å². The van der Waals surface area contributed by atoms with Crippen LogP contribution in [0.1, 0.15) is 12.0 Å². The predicted octanol–water partition coefficient (Wildman–Crippen LogP) is 1.78. The van der Waals surface area contributed by atoms with Crippen molar-refractivity contribution in [2.75, 3.05) is 20.8 Å². The van der Waals surface area contributed by atoms with Gasteiger partial charge >= 0.3 is 0 Å². The van der Waals surface area contributed by atoms with Gasteiger partial charge in [-0.3, -0.25) is 0 Å². The molecule has 5 nitrogen and oxygen atoms in total. The Hall–Kier alpha value is -2.01. The molecule has 0 radical (unpaired) electrons. The van der Waals surface area contributed by atoms with E-state index in [1.165, 1.54) is 0 Å². The third-order valence-electron chi connectivity index (χ3n) is 2.96. The Bertz CT molecular complexity index is 520. The lowest BCUT2D eigenvalue weighted by Crippen LogP contribution is -2.03. The number of nitrogens with zero attached hydrogens (tertiary/aromatic N) is 2. The minimum Gasteiger partial charge on any atom is -0.497 e. The highest BCUT2D eigenvalue weighted by Crippen LogP contribution is 2.24. The van der Waals surface area contributed by atoms with Crippen LogP contribution in [0.4, 0.5) is 0 Å². The zero-order chi connectivity index (χ0) is 13.7. The molecule has 0 amide bonds. The molecule has 0 fully saturated rings. The molecule has 0 atom stereocenters. The SMILES string of the molecule is COc1ccc(-n2ncc(CCCN)c2OC)cc1. The molecular formula is C14H19N3O2. The summed E-state index contributed by atoms with van der Waals surface area (Å²) in [6.07, 6.45) is 3.62. The molecule has 0 spiro atoms. The molecule has 0 saturated heterocycles. The summed E-state index contributed by atoms with van der Waals surface area (Å²) in [6.45, 7) is 0.664. The summed E-state index contributed by atoms with van der Waals surface area (Å²) in [5.41, 5.74) is 7.55. The van der Waals surface area contributed by atoms with Gasteiger partial charge in [0.25, 0.3) is 0 Å². The molecule has 19 heavy (non-hydrogen) atoms. The predicted molar refractivity (Wildman–Crippen MR) is 74.0 cm³/mol. The fraction of sp³-hybridized carbons (Fsp3) is 0.357. The van der Waals surface area contributed by atoms with E-state index in [0.29, 0.717) is 6.54 Å². The second-order valence-electron chi connectivity index (χ2n) is 4.18. The molecule has 1 aromatic heterocycles. The first kappa shape index (κ1) is 13.4. The van der Waals surface area contributed by atoms with E-state index < -0.39 is 0 Å². The first-order chi connectivity index (χ1) is 9.30. The molecule has 1 heterocycles. The summed E-state index contributed by atoms with van der Waals surface area (Å²) in [5, 5.41) is 4.38. The van der Waals surface area contributed by atoms with E-state index in [1.807, 2.05) is 30.5 Å². The van der Waals surface area contributed by atoms with Crippen LogP contribution in [0.25, 0.3) is 5.69 Å². The standard InChI is InChI=1S/C14H19N3O2/c1-18-13-7-5-12(6-8-13)17-14(19-2)11(10-16-17)4-3-9-15/h5-8,10H,3-4,9,15H2,1-2H3. The molecule has 2 aromatic rings. The normalized spacial score (nSPS) is 10.5. The summed E-state index contributed by atoms with van der Waals surface area (Å²) in [5.74, 6) is 1.58. The zero-order valence-corrected chi connectivity index (χ0v) is 11.3. The Morgan fingerprint density at radius 1 is 1.16 bits per heavy atom. The topological polar surface area (TPSA) is 62.3 Å². The van der Waals surface area contributed by atoms with E-state index in [9.17, 15) is 0 Å². The van der Waals surface area contributed by atoms with Crippen LogP contribution < -0.4 is 15.2 Å². The van der Waals surface area contributed by atoms with Crippen LogP contribution in [0, 0.1) is 0 Å². The van der Waals surface area contributed by atoms with Crippen molar-refractivity contribution in [1.82, 2.24) is 9.78 Å². The Labute approximate surface area is 112 Å². The van der Waals surface area contributed by atoms with Crippen molar-refractivity contribution >= 4 is 0 Å². The Kier molecular flexibility index (Phi) is 4.41. The molecule has 0 saturated carbocycles. The largest absolute Gasteiger partial charge is 0.497 e. The van der Waals surface area contributed by atoms with E-state index in [4.69, 9.17) is 15.2 Å². The van der Waals surface area contributed by atoms with E-state index >= 15 is 0 Å². The molecule has 0 aliphatic carbocycles. The van der Waals surface area contributed by atoms with Gasteiger partial charge in [-0.05, 0) is 43.7 Å². The van der Waals surface area contributed by atoms with E-state index in [0.717, 1.165) is 35.7 Å². The van der Waals surface area contributed by atoms with Gasteiger partial charge in [-0.15, -0.1) is 0 Å². The van der Waals surface area contributed by atoms with Crippen molar-refractivity contribution in [3.05, 3.63) is 36.0 Å². The summed E-state index contributed by atoms with van der Waals surface area (Å²) >= 11 is 0. The van der Waals surface area contributed by atoms with Crippen LogP contribution >= 0.6 is 0 Å². The number of ether oxygens (including phenoxy) is 2. The maximum absolute atomic E-state index is 5.54. The molecule has 5 heteroatoms.